The van der Waals surface area contributed by atoms with Crippen LogP contribution in [0.25, 0.3) is 0 Å². The molecule has 0 aliphatic carbocycles. The van der Waals surface area contributed by atoms with Gasteiger partial charge in [-0.1, -0.05) is 44.3 Å². The molecular weight excluding hydrogens is 388 g/mol. The van der Waals surface area contributed by atoms with Crippen molar-refractivity contribution in [3.8, 4) is 0 Å². The number of hydrogen-bond acceptors (Lipinski definition) is 6. The third kappa shape index (κ3) is 7.32. The number of benzene rings is 2. The summed E-state index contributed by atoms with van der Waals surface area (Å²) in [7, 11) is 0. The molecule has 7 nitrogen and oxygen atoms in total. The molecule has 0 fully saturated rings. The predicted molar refractivity (Wildman–Crippen MR) is 130 cm³/mol. The fourth-order valence-corrected chi connectivity index (χ4v) is 2.63. The van der Waals surface area contributed by atoms with Crippen LogP contribution in [-0.4, -0.2) is 17.8 Å². The molecule has 0 aliphatic heterocycles. The first-order chi connectivity index (χ1) is 14.9. The second kappa shape index (κ2) is 11.8. The molecule has 2 aromatic rings. The van der Waals surface area contributed by atoms with Crippen molar-refractivity contribution in [2.45, 2.75) is 13.5 Å². The molecule has 31 heavy (non-hydrogen) atoms. The van der Waals surface area contributed by atoms with Crippen LogP contribution in [0.3, 0.4) is 0 Å². The number of anilines is 2. The summed E-state index contributed by atoms with van der Waals surface area (Å²) in [5.74, 6) is 0.223. The normalized spacial score (nSPS) is 12.6. The SMILES string of the molecule is C=C/N=C\C(C)C(/C=C\N)=N/C(=C)NCc1ccc(C(=O)Nc2ccccc2N)cc1. The van der Waals surface area contributed by atoms with E-state index in [0.717, 1.165) is 11.3 Å². The number of allylic oxidation sites excluding steroid dienone is 1. The van der Waals surface area contributed by atoms with E-state index in [2.05, 4.69) is 33.8 Å². The topological polar surface area (TPSA) is 118 Å². The van der Waals surface area contributed by atoms with E-state index in [-0.39, 0.29) is 11.8 Å². The van der Waals surface area contributed by atoms with Crippen molar-refractivity contribution in [1.29, 1.82) is 0 Å². The molecule has 1 unspecified atom stereocenters. The van der Waals surface area contributed by atoms with Gasteiger partial charge in [0.2, 0.25) is 0 Å². The molecule has 0 bridgehead atoms. The molecule has 0 heterocycles. The monoisotopic (exact) mass is 416 g/mol. The van der Waals surface area contributed by atoms with Gasteiger partial charge in [0.15, 0.2) is 0 Å². The van der Waals surface area contributed by atoms with E-state index in [0.29, 0.717) is 29.3 Å². The molecule has 1 atom stereocenters. The van der Waals surface area contributed by atoms with Crippen LogP contribution in [-0.2, 0) is 6.54 Å². The highest BCUT2D eigenvalue weighted by Gasteiger charge is 2.08. The second-order valence-electron chi connectivity index (χ2n) is 6.70. The number of carbonyl (C=O) groups is 1. The minimum absolute atomic E-state index is 0.0483. The summed E-state index contributed by atoms with van der Waals surface area (Å²) < 4.78 is 0. The molecular formula is C24H28N6O. The number of nitrogen functional groups attached to an aromatic ring is 1. The van der Waals surface area contributed by atoms with Crippen LogP contribution in [0.2, 0.25) is 0 Å². The first kappa shape index (κ1) is 23.2. The van der Waals surface area contributed by atoms with Gasteiger partial charge in [-0.3, -0.25) is 9.79 Å². The maximum atomic E-state index is 12.4. The van der Waals surface area contributed by atoms with Crippen molar-refractivity contribution in [3.63, 3.8) is 0 Å². The number of nitrogens with zero attached hydrogens (tertiary/aromatic N) is 2. The Morgan fingerprint density at radius 3 is 2.55 bits per heavy atom. The number of aliphatic imine (C=N–C) groups is 2. The lowest BCUT2D eigenvalue weighted by Gasteiger charge is -2.11. The summed E-state index contributed by atoms with van der Waals surface area (Å²) in [4.78, 5) is 20.9. The maximum absolute atomic E-state index is 12.4. The summed E-state index contributed by atoms with van der Waals surface area (Å²) in [5.41, 5.74) is 14.7. The summed E-state index contributed by atoms with van der Waals surface area (Å²) >= 11 is 0. The Morgan fingerprint density at radius 2 is 1.90 bits per heavy atom. The quantitative estimate of drug-likeness (QED) is 0.347. The van der Waals surface area contributed by atoms with E-state index >= 15 is 0 Å². The first-order valence-corrected chi connectivity index (χ1v) is 9.73. The van der Waals surface area contributed by atoms with E-state index in [1.807, 2.05) is 31.2 Å². The van der Waals surface area contributed by atoms with Crippen LogP contribution in [0.1, 0.15) is 22.8 Å². The van der Waals surface area contributed by atoms with Crippen LogP contribution < -0.4 is 22.1 Å². The summed E-state index contributed by atoms with van der Waals surface area (Å²) in [5, 5.41) is 5.97. The molecule has 0 aliphatic rings. The van der Waals surface area contributed by atoms with Crippen molar-refractivity contribution in [2.24, 2.45) is 21.6 Å². The van der Waals surface area contributed by atoms with E-state index < -0.39 is 0 Å². The molecule has 0 aromatic heterocycles. The zero-order chi connectivity index (χ0) is 22.6. The van der Waals surface area contributed by atoms with Gasteiger partial charge < -0.3 is 22.1 Å². The molecule has 2 aromatic carbocycles. The molecule has 1 amide bonds. The van der Waals surface area contributed by atoms with Crippen LogP contribution >= 0.6 is 0 Å². The molecule has 0 spiro atoms. The highest BCUT2D eigenvalue weighted by molar-refractivity contribution is 6.06. The van der Waals surface area contributed by atoms with Crippen molar-refractivity contribution in [1.82, 2.24) is 5.32 Å². The van der Waals surface area contributed by atoms with Gasteiger partial charge in [-0.25, -0.2) is 4.99 Å². The fourth-order valence-electron chi connectivity index (χ4n) is 2.63. The summed E-state index contributed by atoms with van der Waals surface area (Å²) in [6.07, 6.45) is 6.33. The van der Waals surface area contributed by atoms with E-state index in [1.165, 1.54) is 12.4 Å². The third-order valence-electron chi connectivity index (χ3n) is 4.33. The number of para-hydroxylation sites is 2. The Labute approximate surface area is 183 Å². The van der Waals surface area contributed by atoms with Gasteiger partial charge in [0.1, 0.15) is 5.82 Å². The molecule has 160 valence electrons. The number of hydrogen-bond donors (Lipinski definition) is 4. The highest BCUT2D eigenvalue weighted by Crippen LogP contribution is 2.18. The van der Waals surface area contributed by atoms with E-state index in [9.17, 15) is 4.79 Å². The van der Waals surface area contributed by atoms with E-state index in [4.69, 9.17) is 11.5 Å². The molecule has 6 N–H and O–H groups in total. The van der Waals surface area contributed by atoms with Crippen molar-refractivity contribution in [2.75, 3.05) is 11.1 Å². The minimum Gasteiger partial charge on any atom is -0.405 e. The lowest BCUT2D eigenvalue weighted by Crippen LogP contribution is -2.16. The number of nitrogens with one attached hydrogen (secondary N) is 2. The Morgan fingerprint density at radius 1 is 1.19 bits per heavy atom. The van der Waals surface area contributed by atoms with Gasteiger partial charge in [-0.05, 0) is 42.1 Å². The minimum atomic E-state index is -0.222. The Bertz CT molecular complexity index is 1000. The molecule has 0 radical (unpaired) electrons. The molecule has 0 saturated carbocycles. The van der Waals surface area contributed by atoms with Crippen LogP contribution in [0.5, 0.6) is 0 Å². The zero-order valence-corrected chi connectivity index (χ0v) is 17.6. The van der Waals surface area contributed by atoms with Crippen LogP contribution in [0, 0.1) is 5.92 Å². The fraction of sp³-hybridized carbons (Fsp3) is 0.125. The van der Waals surface area contributed by atoms with Gasteiger partial charge in [0.25, 0.3) is 5.91 Å². The third-order valence-corrected chi connectivity index (χ3v) is 4.33. The van der Waals surface area contributed by atoms with Gasteiger partial charge in [-0.15, -0.1) is 0 Å². The highest BCUT2D eigenvalue weighted by atomic mass is 16.1. The average molecular weight is 417 g/mol. The average Bonchev–Trinajstić information content (AvgIpc) is 2.77. The Kier molecular flexibility index (Phi) is 8.79. The Balaban J connectivity index is 1.97. The van der Waals surface area contributed by atoms with Gasteiger partial charge in [0, 0.05) is 30.4 Å². The van der Waals surface area contributed by atoms with Crippen LogP contribution in [0.4, 0.5) is 11.4 Å². The van der Waals surface area contributed by atoms with Crippen LogP contribution in [0.15, 0.2) is 96.0 Å². The second-order valence-corrected chi connectivity index (χ2v) is 6.70. The number of amides is 1. The molecule has 7 heteroatoms. The number of carbonyl (C=O) groups excluding carboxylic acids is 1. The molecule has 0 saturated heterocycles. The van der Waals surface area contributed by atoms with E-state index in [1.54, 1.807) is 36.6 Å². The number of nitrogens with two attached hydrogens (primary N) is 2. The largest absolute Gasteiger partial charge is 0.405 e. The van der Waals surface area contributed by atoms with Crippen molar-refractivity contribution in [3.05, 3.63) is 97.1 Å². The summed E-state index contributed by atoms with van der Waals surface area (Å²) in [6.45, 7) is 9.96. The Hall–Kier alpha value is -4.13. The lowest BCUT2D eigenvalue weighted by molar-refractivity contribution is 0.102. The van der Waals surface area contributed by atoms with Gasteiger partial charge in [-0.2, -0.15) is 0 Å². The predicted octanol–water partition coefficient (Wildman–Crippen LogP) is 3.85. The number of rotatable bonds is 10. The zero-order valence-electron chi connectivity index (χ0n) is 17.6. The lowest BCUT2D eigenvalue weighted by atomic mass is 10.1. The van der Waals surface area contributed by atoms with Gasteiger partial charge >= 0.3 is 0 Å². The maximum Gasteiger partial charge on any atom is 0.255 e. The van der Waals surface area contributed by atoms with Crippen molar-refractivity contribution < 1.29 is 4.79 Å². The molecule has 2 rings (SSSR count). The smallest absolute Gasteiger partial charge is 0.255 e. The standard InChI is InChI=1S/C24H28N6O/c1-4-27-15-17(2)22(13-14-25)29-18(3)28-16-19-9-11-20(12-10-19)24(31)30-23-8-6-5-7-21(23)26/h4-15,17,28H,1,3,16,25-26H2,2H3,(H,30,31)/b14-13-,27-15-,29-22+. The van der Waals surface area contributed by atoms with Crippen molar-refractivity contribution >= 4 is 29.2 Å². The first-order valence-electron chi connectivity index (χ1n) is 9.73. The summed E-state index contributed by atoms with van der Waals surface area (Å²) in [6, 6.07) is 14.4. The van der Waals surface area contributed by atoms with Gasteiger partial charge in [0.05, 0.1) is 17.1 Å².